The number of nitrogens with one attached hydrogen (secondary N) is 1. The van der Waals surface area contributed by atoms with Crippen LogP contribution in [0.4, 0.5) is 0 Å². The Bertz CT molecular complexity index is 195. The van der Waals surface area contributed by atoms with Crippen molar-refractivity contribution in [3.8, 4) is 0 Å². The molecule has 0 aromatic rings. The van der Waals surface area contributed by atoms with Crippen LogP contribution in [0.5, 0.6) is 0 Å². The van der Waals surface area contributed by atoms with Gasteiger partial charge in [0.25, 0.3) is 0 Å². The number of thiol groups is 1. The van der Waals surface area contributed by atoms with Gasteiger partial charge in [0.1, 0.15) is 0 Å². The third-order valence-electron chi connectivity index (χ3n) is 1.59. The van der Waals surface area contributed by atoms with E-state index in [9.17, 15) is 9.00 Å². The number of carbonyl (C=O) groups excluding carboxylic acids is 1. The van der Waals surface area contributed by atoms with Gasteiger partial charge in [0.2, 0.25) is 5.91 Å². The van der Waals surface area contributed by atoms with Gasteiger partial charge in [0.05, 0.1) is 5.25 Å². The first kappa shape index (κ1) is 13.0. The van der Waals surface area contributed by atoms with E-state index in [1.54, 1.807) is 6.26 Å². The average Bonchev–Trinajstić information content (AvgIpc) is 2.02. The van der Waals surface area contributed by atoms with Crippen molar-refractivity contribution in [3.05, 3.63) is 0 Å². The van der Waals surface area contributed by atoms with E-state index in [0.29, 0.717) is 12.3 Å². The number of rotatable bonds is 5. The Morgan fingerprint density at radius 3 is 2.46 bits per heavy atom. The summed E-state index contributed by atoms with van der Waals surface area (Å²) in [4.78, 5) is 11.3. The Kier molecular flexibility index (Phi) is 6.41. The van der Waals surface area contributed by atoms with Crippen LogP contribution in [0.25, 0.3) is 0 Å². The van der Waals surface area contributed by atoms with Gasteiger partial charge in [-0.3, -0.25) is 9.00 Å². The van der Waals surface area contributed by atoms with Gasteiger partial charge in [-0.15, -0.1) is 0 Å². The quantitative estimate of drug-likeness (QED) is 0.664. The van der Waals surface area contributed by atoms with Gasteiger partial charge >= 0.3 is 0 Å². The van der Waals surface area contributed by atoms with Gasteiger partial charge in [-0.1, -0.05) is 13.8 Å². The smallest absolute Gasteiger partial charge is 0.233 e. The highest BCUT2D eigenvalue weighted by Gasteiger charge is 2.16. The molecule has 78 valence electrons. The Morgan fingerprint density at radius 1 is 1.54 bits per heavy atom. The monoisotopic (exact) mass is 223 g/mol. The fourth-order valence-electron chi connectivity index (χ4n) is 0.725. The van der Waals surface area contributed by atoms with Crippen LogP contribution in [0.15, 0.2) is 0 Å². The highest BCUT2D eigenvalue weighted by Crippen LogP contribution is 2.07. The molecule has 0 fully saturated rings. The van der Waals surface area contributed by atoms with Gasteiger partial charge in [0.15, 0.2) is 0 Å². The summed E-state index contributed by atoms with van der Waals surface area (Å²) in [6.45, 7) is 4.34. The van der Waals surface area contributed by atoms with E-state index in [4.69, 9.17) is 0 Å². The highest BCUT2D eigenvalue weighted by molar-refractivity contribution is 7.84. The molecular formula is C8H17NO2S2. The maximum atomic E-state index is 11.3. The lowest BCUT2D eigenvalue weighted by molar-refractivity contribution is -0.121. The summed E-state index contributed by atoms with van der Waals surface area (Å²) in [5.41, 5.74) is 0. The minimum Gasteiger partial charge on any atom is -0.354 e. The summed E-state index contributed by atoms with van der Waals surface area (Å²) in [7, 11) is -0.846. The zero-order valence-corrected chi connectivity index (χ0v) is 9.95. The molecule has 13 heavy (non-hydrogen) atoms. The number of amides is 1. The third kappa shape index (κ3) is 6.10. The molecule has 1 N–H and O–H groups in total. The van der Waals surface area contributed by atoms with Crippen molar-refractivity contribution in [3.63, 3.8) is 0 Å². The number of hydrogen-bond donors (Lipinski definition) is 2. The first-order chi connectivity index (χ1) is 5.95. The van der Waals surface area contributed by atoms with Gasteiger partial charge in [-0.05, 0) is 5.92 Å². The van der Waals surface area contributed by atoms with E-state index >= 15 is 0 Å². The fraction of sp³-hybridized carbons (Fsp3) is 0.875. The minimum absolute atomic E-state index is 0.0798. The first-order valence-electron chi connectivity index (χ1n) is 4.21. The molecule has 0 saturated carbocycles. The molecule has 0 aliphatic carbocycles. The van der Waals surface area contributed by atoms with Gasteiger partial charge in [0, 0.05) is 29.4 Å². The number of carbonyl (C=O) groups is 1. The van der Waals surface area contributed by atoms with Crippen LogP contribution in [0.3, 0.4) is 0 Å². The molecule has 0 heterocycles. The Hall–Kier alpha value is -0.0300. The third-order valence-corrected chi connectivity index (χ3v) is 3.20. The van der Waals surface area contributed by atoms with Crippen molar-refractivity contribution in [1.29, 1.82) is 0 Å². The zero-order valence-electron chi connectivity index (χ0n) is 8.24. The van der Waals surface area contributed by atoms with Crippen LogP contribution < -0.4 is 5.32 Å². The summed E-state index contributed by atoms with van der Waals surface area (Å²) >= 11 is 4.16. The summed E-state index contributed by atoms with van der Waals surface area (Å²) in [6.07, 6.45) is 1.62. The second-order valence-corrected chi connectivity index (χ2v) is 5.37. The molecule has 2 atom stereocenters. The molecule has 0 aromatic heterocycles. The lowest BCUT2D eigenvalue weighted by Gasteiger charge is -2.13. The second kappa shape index (κ2) is 6.43. The molecule has 1 amide bonds. The Labute approximate surface area is 87.5 Å². The van der Waals surface area contributed by atoms with Crippen LogP contribution in [0.1, 0.15) is 13.8 Å². The molecule has 0 aromatic carbocycles. The predicted molar refractivity (Wildman–Crippen MR) is 59.6 cm³/mol. The van der Waals surface area contributed by atoms with Crippen LogP contribution in [0.2, 0.25) is 0 Å². The van der Waals surface area contributed by atoms with Gasteiger partial charge in [-0.2, -0.15) is 12.6 Å². The van der Waals surface area contributed by atoms with Crippen molar-refractivity contribution >= 4 is 29.3 Å². The van der Waals surface area contributed by atoms with E-state index in [1.807, 2.05) is 13.8 Å². The predicted octanol–water partition coefficient (Wildman–Crippen LogP) is 0.436. The molecule has 0 saturated heterocycles. The molecule has 0 aliphatic heterocycles. The molecule has 0 radical (unpaired) electrons. The summed E-state index contributed by atoms with van der Waals surface area (Å²) in [5.74, 6) is 0.642. The van der Waals surface area contributed by atoms with Gasteiger partial charge in [-0.25, -0.2) is 0 Å². The Balaban J connectivity index is 3.68. The molecule has 0 aliphatic rings. The van der Waals surface area contributed by atoms with Crippen molar-refractivity contribution < 1.29 is 9.00 Å². The van der Waals surface area contributed by atoms with E-state index in [-0.39, 0.29) is 17.1 Å². The van der Waals surface area contributed by atoms with E-state index in [1.165, 1.54) is 0 Å². The maximum absolute atomic E-state index is 11.3. The van der Waals surface area contributed by atoms with E-state index in [2.05, 4.69) is 17.9 Å². The molecule has 0 spiro atoms. The summed E-state index contributed by atoms with van der Waals surface area (Å²) < 4.78 is 10.7. The van der Waals surface area contributed by atoms with Crippen LogP contribution in [-0.4, -0.2) is 33.9 Å². The standard InChI is InChI=1S/C8H17NO2S2/c1-6(2)7(12)8(10)9-4-5-13(3)11/h6-7,12H,4-5H2,1-3H3,(H,9,10). The SMILES string of the molecule is CC(C)C(S)C(=O)NCCS(C)=O. The van der Waals surface area contributed by atoms with Crippen LogP contribution >= 0.6 is 12.6 Å². The lowest BCUT2D eigenvalue weighted by atomic mass is 10.1. The largest absolute Gasteiger partial charge is 0.354 e. The molecule has 0 bridgehead atoms. The van der Waals surface area contributed by atoms with Gasteiger partial charge < -0.3 is 5.32 Å². The summed E-state index contributed by atoms with van der Waals surface area (Å²) in [5, 5.41) is 2.41. The normalized spacial score (nSPS) is 15.5. The van der Waals surface area contributed by atoms with E-state index < -0.39 is 10.8 Å². The van der Waals surface area contributed by atoms with Crippen molar-refractivity contribution in [2.75, 3.05) is 18.6 Å². The molecule has 5 heteroatoms. The van der Waals surface area contributed by atoms with Crippen molar-refractivity contribution in [2.45, 2.75) is 19.1 Å². The molecule has 2 unspecified atom stereocenters. The minimum atomic E-state index is -0.846. The Morgan fingerprint density at radius 2 is 2.08 bits per heavy atom. The van der Waals surface area contributed by atoms with Crippen LogP contribution in [-0.2, 0) is 15.6 Å². The molecular weight excluding hydrogens is 206 g/mol. The second-order valence-electron chi connectivity index (χ2n) is 3.26. The topological polar surface area (TPSA) is 46.2 Å². The maximum Gasteiger partial charge on any atom is 0.233 e. The lowest BCUT2D eigenvalue weighted by Crippen LogP contribution is -2.36. The number of hydrogen-bond acceptors (Lipinski definition) is 3. The van der Waals surface area contributed by atoms with Crippen molar-refractivity contribution in [1.82, 2.24) is 5.32 Å². The fourth-order valence-corrected chi connectivity index (χ4v) is 1.21. The molecule has 0 rings (SSSR count). The van der Waals surface area contributed by atoms with Crippen LogP contribution in [0, 0.1) is 5.92 Å². The first-order valence-corrected chi connectivity index (χ1v) is 6.45. The average molecular weight is 223 g/mol. The van der Waals surface area contributed by atoms with E-state index in [0.717, 1.165) is 0 Å². The summed E-state index contributed by atoms with van der Waals surface area (Å²) in [6, 6.07) is 0. The zero-order chi connectivity index (χ0) is 10.4. The molecule has 3 nitrogen and oxygen atoms in total. The van der Waals surface area contributed by atoms with Crippen molar-refractivity contribution in [2.24, 2.45) is 5.92 Å². The highest BCUT2D eigenvalue weighted by atomic mass is 32.2.